The molecule has 1 saturated heterocycles. The van der Waals surface area contributed by atoms with E-state index in [1.54, 1.807) is 4.90 Å². The lowest BCUT2D eigenvalue weighted by molar-refractivity contribution is -0.902. The average molecular weight is 390 g/mol. The molecular formula is C24H29N4O+. The SMILES string of the molecule is CC[NH+]1CCN(C(=O)c2cn(-c3ccccc3)nc2-c2ccc(C)c(C)c2)CC1. The van der Waals surface area contributed by atoms with Gasteiger partial charge in [0, 0.05) is 11.8 Å². The van der Waals surface area contributed by atoms with Crippen molar-refractivity contribution in [2.75, 3.05) is 32.7 Å². The number of piperazine rings is 1. The van der Waals surface area contributed by atoms with Crippen LogP contribution in [0.5, 0.6) is 0 Å². The highest BCUT2D eigenvalue weighted by Gasteiger charge is 2.27. The molecular weight excluding hydrogens is 360 g/mol. The van der Waals surface area contributed by atoms with E-state index in [0.29, 0.717) is 5.56 Å². The third-order valence-corrected chi connectivity index (χ3v) is 6.00. The number of quaternary nitrogens is 1. The van der Waals surface area contributed by atoms with Gasteiger partial charge in [-0.15, -0.1) is 0 Å². The van der Waals surface area contributed by atoms with Gasteiger partial charge in [-0.25, -0.2) is 4.68 Å². The maximum atomic E-state index is 13.4. The molecule has 1 aliphatic heterocycles. The molecule has 0 bridgehead atoms. The van der Waals surface area contributed by atoms with Gasteiger partial charge in [0.1, 0.15) is 5.69 Å². The third-order valence-electron chi connectivity index (χ3n) is 6.00. The van der Waals surface area contributed by atoms with Crippen molar-refractivity contribution < 1.29 is 9.69 Å². The molecule has 150 valence electrons. The van der Waals surface area contributed by atoms with E-state index in [9.17, 15) is 4.79 Å². The molecule has 3 aromatic rings. The molecule has 0 saturated carbocycles. The van der Waals surface area contributed by atoms with Gasteiger partial charge in [0.05, 0.1) is 44.0 Å². The first-order chi connectivity index (χ1) is 14.1. The number of aryl methyl sites for hydroxylation is 2. The summed E-state index contributed by atoms with van der Waals surface area (Å²) >= 11 is 0. The Labute approximate surface area is 172 Å². The van der Waals surface area contributed by atoms with Crippen LogP contribution in [0.2, 0.25) is 0 Å². The van der Waals surface area contributed by atoms with Crippen LogP contribution >= 0.6 is 0 Å². The normalized spacial score (nSPS) is 14.9. The number of aromatic nitrogens is 2. The van der Waals surface area contributed by atoms with Crippen LogP contribution < -0.4 is 4.90 Å². The van der Waals surface area contributed by atoms with E-state index in [0.717, 1.165) is 49.7 Å². The fourth-order valence-corrected chi connectivity index (χ4v) is 3.90. The molecule has 0 atom stereocenters. The Bertz CT molecular complexity index is 1000. The van der Waals surface area contributed by atoms with E-state index in [1.165, 1.54) is 11.1 Å². The first-order valence-electron chi connectivity index (χ1n) is 10.4. The van der Waals surface area contributed by atoms with Gasteiger partial charge in [-0.3, -0.25) is 4.79 Å². The maximum absolute atomic E-state index is 13.4. The van der Waals surface area contributed by atoms with Crippen molar-refractivity contribution in [2.45, 2.75) is 20.8 Å². The lowest BCUT2D eigenvalue weighted by Crippen LogP contribution is -3.14. The van der Waals surface area contributed by atoms with E-state index in [4.69, 9.17) is 5.10 Å². The number of rotatable bonds is 4. The molecule has 2 heterocycles. The van der Waals surface area contributed by atoms with E-state index in [-0.39, 0.29) is 5.91 Å². The number of nitrogens with zero attached hydrogens (tertiary/aromatic N) is 3. The van der Waals surface area contributed by atoms with E-state index < -0.39 is 0 Å². The molecule has 29 heavy (non-hydrogen) atoms. The number of hydrogen-bond donors (Lipinski definition) is 1. The van der Waals surface area contributed by atoms with Gasteiger partial charge >= 0.3 is 0 Å². The average Bonchev–Trinajstić information content (AvgIpc) is 3.21. The smallest absolute Gasteiger partial charge is 0.258 e. The Kier molecular flexibility index (Phi) is 5.49. The molecule has 2 aromatic carbocycles. The summed E-state index contributed by atoms with van der Waals surface area (Å²) in [7, 11) is 0. The number of likely N-dealkylation sites (N-methyl/N-ethyl adjacent to an activating group) is 1. The summed E-state index contributed by atoms with van der Waals surface area (Å²) in [6.45, 7) is 11.1. The minimum Gasteiger partial charge on any atom is -0.332 e. The Morgan fingerprint density at radius 1 is 1.03 bits per heavy atom. The summed E-state index contributed by atoms with van der Waals surface area (Å²) in [5, 5.41) is 4.83. The van der Waals surface area contributed by atoms with Crippen molar-refractivity contribution in [1.29, 1.82) is 0 Å². The van der Waals surface area contributed by atoms with Crippen molar-refractivity contribution in [3.8, 4) is 16.9 Å². The zero-order chi connectivity index (χ0) is 20.4. The summed E-state index contributed by atoms with van der Waals surface area (Å²) in [6, 6.07) is 16.3. The fraction of sp³-hybridized carbons (Fsp3) is 0.333. The molecule has 5 heteroatoms. The van der Waals surface area contributed by atoms with E-state index >= 15 is 0 Å². The number of para-hydroxylation sites is 1. The molecule has 0 spiro atoms. The molecule has 1 aliphatic rings. The number of carbonyl (C=O) groups excluding carboxylic acids is 1. The second-order valence-corrected chi connectivity index (χ2v) is 7.87. The zero-order valence-electron chi connectivity index (χ0n) is 17.5. The van der Waals surface area contributed by atoms with Gasteiger partial charge in [0.15, 0.2) is 0 Å². The van der Waals surface area contributed by atoms with Crippen LogP contribution in [0.25, 0.3) is 16.9 Å². The standard InChI is InChI=1S/C24H28N4O/c1-4-26-12-14-27(15-13-26)24(29)22-17-28(21-8-6-5-7-9-21)25-23(22)20-11-10-18(2)19(3)16-20/h5-11,16-17H,4,12-15H2,1-3H3/p+1. The highest BCUT2D eigenvalue weighted by Crippen LogP contribution is 2.27. The van der Waals surface area contributed by atoms with Gasteiger partial charge in [-0.2, -0.15) is 5.10 Å². The Balaban J connectivity index is 1.74. The molecule has 0 aliphatic carbocycles. The van der Waals surface area contributed by atoms with Crippen molar-refractivity contribution in [2.24, 2.45) is 0 Å². The first-order valence-corrected chi connectivity index (χ1v) is 10.4. The first kappa shape index (κ1) is 19.4. The second kappa shape index (κ2) is 8.21. The molecule has 1 fully saturated rings. The van der Waals surface area contributed by atoms with Crippen LogP contribution in [0.15, 0.2) is 54.7 Å². The van der Waals surface area contributed by atoms with Crippen LogP contribution in [0, 0.1) is 13.8 Å². The summed E-state index contributed by atoms with van der Waals surface area (Å²) in [5.74, 6) is 0.0792. The van der Waals surface area contributed by atoms with Crippen molar-refractivity contribution in [3.05, 3.63) is 71.4 Å². The van der Waals surface area contributed by atoms with Gasteiger partial charge in [0.25, 0.3) is 5.91 Å². The molecule has 4 rings (SSSR count). The highest BCUT2D eigenvalue weighted by atomic mass is 16.2. The van der Waals surface area contributed by atoms with Crippen LogP contribution in [0.1, 0.15) is 28.4 Å². The van der Waals surface area contributed by atoms with Crippen LogP contribution in [-0.4, -0.2) is 53.3 Å². The lowest BCUT2D eigenvalue weighted by atomic mass is 10.0. The van der Waals surface area contributed by atoms with Gasteiger partial charge in [-0.1, -0.05) is 30.3 Å². The Morgan fingerprint density at radius 3 is 2.41 bits per heavy atom. The third kappa shape index (κ3) is 3.96. The Hall–Kier alpha value is -2.92. The summed E-state index contributed by atoms with van der Waals surface area (Å²) in [4.78, 5) is 17.0. The molecule has 1 amide bonds. The molecule has 0 unspecified atom stereocenters. The molecule has 1 aromatic heterocycles. The fourth-order valence-electron chi connectivity index (χ4n) is 3.90. The maximum Gasteiger partial charge on any atom is 0.258 e. The van der Waals surface area contributed by atoms with Crippen molar-refractivity contribution in [3.63, 3.8) is 0 Å². The second-order valence-electron chi connectivity index (χ2n) is 7.87. The topological polar surface area (TPSA) is 42.6 Å². The van der Waals surface area contributed by atoms with Gasteiger partial charge < -0.3 is 9.80 Å². The Morgan fingerprint density at radius 2 is 1.76 bits per heavy atom. The summed E-state index contributed by atoms with van der Waals surface area (Å²) in [5.41, 5.74) is 5.82. The summed E-state index contributed by atoms with van der Waals surface area (Å²) < 4.78 is 1.82. The lowest BCUT2D eigenvalue weighted by Gasteiger charge is -2.31. The highest BCUT2D eigenvalue weighted by molar-refractivity contribution is 6.00. The van der Waals surface area contributed by atoms with Crippen LogP contribution in [0.3, 0.4) is 0 Å². The van der Waals surface area contributed by atoms with Crippen LogP contribution in [-0.2, 0) is 0 Å². The van der Waals surface area contributed by atoms with Crippen molar-refractivity contribution in [1.82, 2.24) is 14.7 Å². The van der Waals surface area contributed by atoms with Crippen molar-refractivity contribution >= 4 is 5.91 Å². The van der Waals surface area contributed by atoms with E-state index in [2.05, 4.69) is 39.0 Å². The predicted octanol–water partition coefficient (Wildman–Crippen LogP) is 2.52. The van der Waals surface area contributed by atoms with Gasteiger partial charge in [0.2, 0.25) is 0 Å². The number of benzene rings is 2. The summed E-state index contributed by atoms with van der Waals surface area (Å²) in [6.07, 6.45) is 1.89. The quantitative estimate of drug-likeness (QED) is 0.745. The number of amides is 1. The number of hydrogen-bond acceptors (Lipinski definition) is 2. The number of nitrogens with one attached hydrogen (secondary N) is 1. The van der Waals surface area contributed by atoms with Crippen LogP contribution in [0.4, 0.5) is 0 Å². The van der Waals surface area contributed by atoms with E-state index in [1.807, 2.05) is 46.1 Å². The monoisotopic (exact) mass is 389 g/mol. The molecule has 1 N–H and O–H groups in total. The predicted molar refractivity (Wildman–Crippen MR) is 116 cm³/mol. The minimum atomic E-state index is 0.0792. The molecule has 0 radical (unpaired) electrons. The largest absolute Gasteiger partial charge is 0.332 e. The number of carbonyl (C=O) groups is 1. The molecule has 5 nitrogen and oxygen atoms in total. The van der Waals surface area contributed by atoms with Gasteiger partial charge in [-0.05, 0) is 50.1 Å². The minimum absolute atomic E-state index is 0.0792. The zero-order valence-corrected chi connectivity index (χ0v) is 17.5.